The Balaban J connectivity index is 1.73. The Kier molecular flexibility index (Phi) is 3.85. The van der Waals surface area contributed by atoms with Gasteiger partial charge in [0.25, 0.3) is 5.91 Å². The summed E-state index contributed by atoms with van der Waals surface area (Å²) < 4.78 is 41.4. The van der Waals surface area contributed by atoms with Crippen LogP contribution < -0.4 is 0 Å². The summed E-state index contributed by atoms with van der Waals surface area (Å²) >= 11 is 1.09. The Morgan fingerprint density at radius 3 is 2.91 bits per heavy atom. The predicted octanol–water partition coefficient (Wildman–Crippen LogP) is 2.30. The number of piperidine rings is 1. The Labute approximate surface area is 127 Å². The molecule has 0 aromatic carbocycles. The standard InChI is InChI=1S/C12H12F3N5OS/c13-12(14,15)10-4-8(16-18-10)7-2-1-3-20(5-7)11(21)9-6-22-19-17-9/h4,6-7H,1-3,5H2,(H,16,18)/t7-/m0/s1. The average molecular weight is 331 g/mol. The van der Waals surface area contributed by atoms with Gasteiger partial charge in [-0.05, 0) is 30.4 Å². The van der Waals surface area contributed by atoms with Crippen LogP contribution in [-0.4, -0.2) is 43.7 Å². The van der Waals surface area contributed by atoms with Gasteiger partial charge < -0.3 is 4.90 Å². The van der Waals surface area contributed by atoms with Gasteiger partial charge in [0, 0.05) is 30.1 Å². The van der Waals surface area contributed by atoms with E-state index in [-0.39, 0.29) is 17.5 Å². The molecule has 3 rings (SSSR count). The predicted molar refractivity (Wildman–Crippen MR) is 71.4 cm³/mol. The second-order valence-corrected chi connectivity index (χ2v) is 5.70. The lowest BCUT2D eigenvalue weighted by atomic mass is 9.94. The molecular weight excluding hydrogens is 319 g/mol. The number of carbonyl (C=O) groups is 1. The molecule has 118 valence electrons. The second kappa shape index (κ2) is 5.67. The van der Waals surface area contributed by atoms with Crippen molar-refractivity contribution in [1.82, 2.24) is 24.7 Å². The zero-order chi connectivity index (χ0) is 15.7. The number of H-pyrrole nitrogens is 1. The van der Waals surface area contributed by atoms with Gasteiger partial charge in [0.05, 0.1) is 0 Å². The Hall–Kier alpha value is -1.97. The number of likely N-dealkylation sites (tertiary alicyclic amines) is 1. The van der Waals surface area contributed by atoms with Crippen LogP contribution in [0.2, 0.25) is 0 Å². The number of carbonyl (C=O) groups excluding carboxylic acids is 1. The molecule has 3 heterocycles. The highest BCUT2D eigenvalue weighted by Crippen LogP contribution is 2.32. The number of alkyl halides is 3. The minimum absolute atomic E-state index is 0.187. The number of nitrogens with one attached hydrogen (secondary N) is 1. The summed E-state index contributed by atoms with van der Waals surface area (Å²) in [6.45, 7) is 0.906. The highest BCUT2D eigenvalue weighted by molar-refractivity contribution is 7.03. The maximum Gasteiger partial charge on any atom is 0.435 e. The minimum Gasteiger partial charge on any atom is -0.337 e. The van der Waals surface area contributed by atoms with Crippen LogP contribution in [0.4, 0.5) is 13.2 Å². The van der Waals surface area contributed by atoms with Crippen molar-refractivity contribution < 1.29 is 18.0 Å². The van der Waals surface area contributed by atoms with Crippen LogP contribution in [0.3, 0.4) is 0 Å². The first-order chi connectivity index (χ1) is 10.4. The molecule has 6 nitrogen and oxygen atoms in total. The highest BCUT2D eigenvalue weighted by Gasteiger charge is 2.35. The molecule has 10 heteroatoms. The molecule has 1 saturated heterocycles. The van der Waals surface area contributed by atoms with Gasteiger partial charge in [-0.2, -0.15) is 18.3 Å². The van der Waals surface area contributed by atoms with Gasteiger partial charge in [-0.1, -0.05) is 4.49 Å². The van der Waals surface area contributed by atoms with Crippen molar-refractivity contribution in [3.8, 4) is 0 Å². The van der Waals surface area contributed by atoms with Crippen molar-refractivity contribution in [1.29, 1.82) is 0 Å². The van der Waals surface area contributed by atoms with Gasteiger partial charge in [0.1, 0.15) is 0 Å². The fourth-order valence-electron chi connectivity index (χ4n) is 2.53. The molecule has 1 N–H and O–H groups in total. The second-order valence-electron chi connectivity index (χ2n) is 5.09. The summed E-state index contributed by atoms with van der Waals surface area (Å²) in [6, 6.07) is 1.02. The summed E-state index contributed by atoms with van der Waals surface area (Å²) in [5.41, 5.74) is -0.262. The van der Waals surface area contributed by atoms with Crippen molar-refractivity contribution in [2.75, 3.05) is 13.1 Å². The molecule has 1 fully saturated rings. The normalized spacial score (nSPS) is 19.4. The minimum atomic E-state index is -4.47. The average Bonchev–Trinajstić information content (AvgIpc) is 3.17. The molecule has 0 saturated carbocycles. The van der Waals surface area contributed by atoms with E-state index in [1.54, 1.807) is 10.3 Å². The fraction of sp³-hybridized carbons (Fsp3) is 0.500. The summed E-state index contributed by atoms with van der Waals surface area (Å²) in [5, 5.41) is 11.0. The number of hydrogen-bond donors (Lipinski definition) is 1. The van der Waals surface area contributed by atoms with E-state index < -0.39 is 11.9 Å². The summed E-state index contributed by atoms with van der Waals surface area (Å²) in [5.74, 6) is -0.429. The van der Waals surface area contributed by atoms with Crippen LogP contribution >= 0.6 is 11.5 Å². The van der Waals surface area contributed by atoms with Gasteiger partial charge in [0.2, 0.25) is 0 Å². The number of nitrogens with zero attached hydrogens (tertiary/aromatic N) is 4. The molecule has 0 unspecified atom stereocenters. The smallest absolute Gasteiger partial charge is 0.337 e. The van der Waals surface area contributed by atoms with E-state index in [1.165, 1.54) is 0 Å². The molecule has 1 amide bonds. The lowest BCUT2D eigenvalue weighted by molar-refractivity contribution is -0.141. The first kappa shape index (κ1) is 14.9. The SMILES string of the molecule is O=C(c1csnn1)N1CCC[C@H](c2cc(C(F)(F)F)n[nH]2)C1. The van der Waals surface area contributed by atoms with E-state index in [0.717, 1.165) is 17.6 Å². The zero-order valence-electron chi connectivity index (χ0n) is 11.3. The van der Waals surface area contributed by atoms with Gasteiger partial charge in [0.15, 0.2) is 11.4 Å². The van der Waals surface area contributed by atoms with Crippen molar-refractivity contribution in [3.63, 3.8) is 0 Å². The van der Waals surface area contributed by atoms with E-state index in [2.05, 4.69) is 19.8 Å². The summed E-state index contributed by atoms with van der Waals surface area (Å²) in [4.78, 5) is 13.8. The Bertz CT molecular complexity index is 654. The number of rotatable bonds is 2. The number of hydrogen-bond acceptors (Lipinski definition) is 5. The van der Waals surface area contributed by atoms with Crippen LogP contribution in [-0.2, 0) is 6.18 Å². The van der Waals surface area contributed by atoms with Crippen molar-refractivity contribution >= 4 is 17.4 Å². The molecule has 0 aliphatic carbocycles. The first-order valence-electron chi connectivity index (χ1n) is 6.64. The number of amides is 1. The molecule has 1 atom stereocenters. The molecule has 2 aromatic heterocycles. The monoisotopic (exact) mass is 331 g/mol. The van der Waals surface area contributed by atoms with Crippen LogP contribution in [0.5, 0.6) is 0 Å². The van der Waals surface area contributed by atoms with Gasteiger partial charge in [-0.3, -0.25) is 9.89 Å². The lowest BCUT2D eigenvalue weighted by Crippen LogP contribution is -2.39. The van der Waals surface area contributed by atoms with E-state index in [4.69, 9.17) is 0 Å². The van der Waals surface area contributed by atoms with Gasteiger partial charge in [-0.15, -0.1) is 5.10 Å². The number of aromatic nitrogens is 4. The van der Waals surface area contributed by atoms with Crippen molar-refractivity contribution in [2.45, 2.75) is 24.9 Å². The third kappa shape index (κ3) is 2.96. The fourth-order valence-corrected chi connectivity index (χ4v) is 2.96. The molecule has 0 bridgehead atoms. The Morgan fingerprint density at radius 2 is 2.27 bits per heavy atom. The van der Waals surface area contributed by atoms with E-state index in [1.807, 2.05) is 0 Å². The molecule has 22 heavy (non-hydrogen) atoms. The van der Waals surface area contributed by atoms with Crippen LogP contribution in [0, 0.1) is 0 Å². The van der Waals surface area contributed by atoms with Crippen LogP contribution in [0.25, 0.3) is 0 Å². The van der Waals surface area contributed by atoms with E-state index in [0.29, 0.717) is 31.6 Å². The first-order valence-corrected chi connectivity index (χ1v) is 7.47. The lowest BCUT2D eigenvalue weighted by Gasteiger charge is -2.31. The molecular formula is C12H12F3N5OS. The van der Waals surface area contributed by atoms with Crippen LogP contribution in [0.1, 0.15) is 40.6 Å². The quantitative estimate of drug-likeness (QED) is 0.916. The molecule has 0 spiro atoms. The highest BCUT2D eigenvalue weighted by atomic mass is 32.1. The van der Waals surface area contributed by atoms with E-state index in [9.17, 15) is 18.0 Å². The molecule has 1 aliphatic heterocycles. The maximum absolute atomic E-state index is 12.6. The zero-order valence-corrected chi connectivity index (χ0v) is 12.1. The molecule has 0 radical (unpaired) electrons. The molecule has 2 aromatic rings. The van der Waals surface area contributed by atoms with Gasteiger partial charge >= 0.3 is 6.18 Å². The topological polar surface area (TPSA) is 74.8 Å². The largest absolute Gasteiger partial charge is 0.435 e. The van der Waals surface area contributed by atoms with Crippen molar-refractivity contribution in [3.05, 3.63) is 28.5 Å². The van der Waals surface area contributed by atoms with E-state index >= 15 is 0 Å². The number of halogens is 3. The van der Waals surface area contributed by atoms with Crippen LogP contribution in [0.15, 0.2) is 11.4 Å². The summed E-state index contributed by atoms with van der Waals surface area (Å²) in [7, 11) is 0. The molecule has 1 aliphatic rings. The maximum atomic E-state index is 12.6. The van der Waals surface area contributed by atoms with Crippen molar-refractivity contribution in [2.24, 2.45) is 0 Å². The summed E-state index contributed by atoms with van der Waals surface area (Å²) in [6.07, 6.45) is -3.04. The van der Waals surface area contributed by atoms with Gasteiger partial charge in [-0.25, -0.2) is 0 Å². The third-order valence-corrected chi connectivity index (χ3v) is 4.12. The third-order valence-electron chi connectivity index (χ3n) is 3.62. The number of aromatic amines is 1. The Morgan fingerprint density at radius 1 is 1.45 bits per heavy atom.